The van der Waals surface area contributed by atoms with Crippen molar-refractivity contribution in [2.24, 2.45) is 5.73 Å². The largest absolute Gasteiger partial charge is 0.455 e. The quantitative estimate of drug-likeness (QED) is 0.907. The van der Waals surface area contributed by atoms with Crippen LogP contribution >= 0.6 is 11.6 Å². The number of pyridine rings is 1. The average Bonchev–Trinajstić information content (AvgIpc) is 2.33. The first-order valence-corrected chi connectivity index (χ1v) is 5.65. The first kappa shape index (κ1) is 11.9. The lowest BCUT2D eigenvalue weighted by atomic mass is 10.2. The van der Waals surface area contributed by atoms with Crippen LogP contribution in [0.2, 0.25) is 5.02 Å². The van der Waals surface area contributed by atoms with Crippen LogP contribution in [0.4, 0.5) is 0 Å². The van der Waals surface area contributed by atoms with E-state index < -0.39 is 0 Å². The summed E-state index contributed by atoms with van der Waals surface area (Å²) < 4.78 is 5.73. The molecule has 3 nitrogen and oxygen atoms in total. The Kier molecular flexibility index (Phi) is 3.61. The molecule has 2 N–H and O–H groups in total. The number of aryl methyl sites for hydroxylation is 1. The highest BCUT2D eigenvalue weighted by Gasteiger charge is 2.03. The number of hydrogen-bond donors (Lipinski definition) is 1. The van der Waals surface area contributed by atoms with E-state index in [-0.39, 0.29) is 0 Å². The van der Waals surface area contributed by atoms with E-state index in [4.69, 9.17) is 22.1 Å². The molecular weight excluding hydrogens is 236 g/mol. The maximum absolute atomic E-state index is 5.88. The second-order valence-electron chi connectivity index (χ2n) is 3.74. The summed E-state index contributed by atoms with van der Waals surface area (Å²) in [5.41, 5.74) is 7.47. The van der Waals surface area contributed by atoms with Crippen molar-refractivity contribution >= 4 is 11.6 Å². The topological polar surface area (TPSA) is 48.1 Å². The van der Waals surface area contributed by atoms with Crippen LogP contribution in [0.5, 0.6) is 11.5 Å². The Balaban J connectivity index is 2.25. The van der Waals surface area contributed by atoms with E-state index in [2.05, 4.69) is 4.98 Å². The summed E-state index contributed by atoms with van der Waals surface area (Å²) in [6.45, 7) is 2.39. The molecule has 4 heteroatoms. The predicted molar refractivity (Wildman–Crippen MR) is 68.4 cm³/mol. The number of ether oxygens (including phenoxy) is 1. The maximum atomic E-state index is 5.88. The molecule has 0 aliphatic rings. The van der Waals surface area contributed by atoms with Gasteiger partial charge in [0.1, 0.15) is 11.5 Å². The molecule has 88 valence electrons. The molecule has 0 amide bonds. The second kappa shape index (κ2) is 5.17. The van der Waals surface area contributed by atoms with Gasteiger partial charge in [0.15, 0.2) is 0 Å². The van der Waals surface area contributed by atoms with Crippen molar-refractivity contribution in [1.82, 2.24) is 4.98 Å². The number of nitrogens with zero attached hydrogens (tertiary/aromatic N) is 1. The summed E-state index contributed by atoms with van der Waals surface area (Å²) in [4.78, 5) is 4.07. The number of halogens is 1. The molecule has 2 aromatic rings. The van der Waals surface area contributed by atoms with Crippen LogP contribution < -0.4 is 10.5 Å². The van der Waals surface area contributed by atoms with E-state index in [0.29, 0.717) is 17.3 Å². The fraction of sp³-hybridized carbons (Fsp3) is 0.154. The molecule has 0 aliphatic carbocycles. The summed E-state index contributed by atoms with van der Waals surface area (Å²) >= 11 is 5.88. The van der Waals surface area contributed by atoms with Crippen molar-refractivity contribution in [3.05, 3.63) is 52.8 Å². The van der Waals surface area contributed by atoms with Crippen molar-refractivity contribution in [2.75, 3.05) is 0 Å². The normalized spacial score (nSPS) is 10.3. The van der Waals surface area contributed by atoms with Crippen molar-refractivity contribution in [3.8, 4) is 11.5 Å². The molecule has 1 aromatic carbocycles. The van der Waals surface area contributed by atoms with Gasteiger partial charge in [-0.15, -0.1) is 0 Å². The fourth-order valence-corrected chi connectivity index (χ4v) is 1.71. The van der Waals surface area contributed by atoms with Gasteiger partial charge < -0.3 is 10.5 Å². The summed E-state index contributed by atoms with van der Waals surface area (Å²) in [6, 6.07) is 7.37. The summed E-state index contributed by atoms with van der Waals surface area (Å²) in [6.07, 6.45) is 3.38. The minimum atomic E-state index is 0.448. The van der Waals surface area contributed by atoms with Crippen LogP contribution in [-0.2, 0) is 6.54 Å². The first-order valence-electron chi connectivity index (χ1n) is 5.27. The summed E-state index contributed by atoms with van der Waals surface area (Å²) in [5, 5.41) is 0.698. The van der Waals surface area contributed by atoms with Crippen LogP contribution in [0.1, 0.15) is 11.1 Å². The third-order valence-electron chi connectivity index (χ3n) is 2.37. The van der Waals surface area contributed by atoms with E-state index >= 15 is 0 Å². The van der Waals surface area contributed by atoms with E-state index in [1.807, 2.05) is 25.1 Å². The SMILES string of the molecule is Cc1cc(Cl)ccc1Oc1cncc(CN)c1. The third-order valence-corrected chi connectivity index (χ3v) is 2.61. The van der Waals surface area contributed by atoms with Crippen molar-refractivity contribution in [1.29, 1.82) is 0 Å². The van der Waals surface area contributed by atoms with Gasteiger partial charge in [0.25, 0.3) is 0 Å². The molecule has 0 bridgehead atoms. The van der Waals surface area contributed by atoms with Gasteiger partial charge >= 0.3 is 0 Å². The maximum Gasteiger partial charge on any atom is 0.146 e. The summed E-state index contributed by atoms with van der Waals surface area (Å²) in [5.74, 6) is 1.45. The molecule has 0 radical (unpaired) electrons. The van der Waals surface area contributed by atoms with E-state index in [1.54, 1.807) is 18.5 Å². The Hall–Kier alpha value is -1.58. The van der Waals surface area contributed by atoms with Gasteiger partial charge in [-0.05, 0) is 42.3 Å². The fourth-order valence-electron chi connectivity index (χ4n) is 1.49. The van der Waals surface area contributed by atoms with E-state index in [1.165, 1.54) is 0 Å². The zero-order valence-electron chi connectivity index (χ0n) is 9.48. The average molecular weight is 249 g/mol. The van der Waals surface area contributed by atoms with Crippen LogP contribution in [0.3, 0.4) is 0 Å². The van der Waals surface area contributed by atoms with Gasteiger partial charge in [0, 0.05) is 17.8 Å². The Morgan fingerprint density at radius 2 is 2.12 bits per heavy atom. The molecule has 0 spiro atoms. The molecule has 0 atom stereocenters. The highest BCUT2D eigenvalue weighted by Crippen LogP contribution is 2.27. The lowest BCUT2D eigenvalue weighted by Gasteiger charge is -2.09. The zero-order chi connectivity index (χ0) is 12.3. The molecule has 17 heavy (non-hydrogen) atoms. The van der Waals surface area contributed by atoms with Crippen molar-refractivity contribution in [2.45, 2.75) is 13.5 Å². The smallest absolute Gasteiger partial charge is 0.146 e. The molecule has 1 heterocycles. The van der Waals surface area contributed by atoms with Crippen LogP contribution in [0.15, 0.2) is 36.7 Å². The Labute approximate surface area is 105 Å². The number of benzene rings is 1. The van der Waals surface area contributed by atoms with Crippen LogP contribution in [0.25, 0.3) is 0 Å². The standard InChI is InChI=1S/C13H13ClN2O/c1-9-4-11(14)2-3-13(9)17-12-5-10(6-15)7-16-8-12/h2-5,7-8H,6,15H2,1H3. The molecule has 0 saturated carbocycles. The number of hydrogen-bond acceptors (Lipinski definition) is 3. The number of aromatic nitrogens is 1. The molecule has 0 aliphatic heterocycles. The Bertz CT molecular complexity index is 529. The van der Waals surface area contributed by atoms with Gasteiger partial charge in [-0.3, -0.25) is 4.98 Å². The first-order chi connectivity index (χ1) is 8.19. The number of nitrogens with two attached hydrogens (primary N) is 1. The molecule has 0 fully saturated rings. The lowest BCUT2D eigenvalue weighted by Crippen LogP contribution is -1.97. The molecule has 0 unspecified atom stereocenters. The monoisotopic (exact) mass is 248 g/mol. The second-order valence-corrected chi connectivity index (χ2v) is 4.18. The molecule has 1 aromatic heterocycles. The molecule has 0 saturated heterocycles. The van der Waals surface area contributed by atoms with E-state index in [0.717, 1.165) is 16.9 Å². The molecule has 2 rings (SSSR count). The van der Waals surface area contributed by atoms with Gasteiger partial charge in [0.05, 0.1) is 6.20 Å². The van der Waals surface area contributed by atoms with Crippen LogP contribution in [-0.4, -0.2) is 4.98 Å². The highest BCUT2D eigenvalue weighted by molar-refractivity contribution is 6.30. The van der Waals surface area contributed by atoms with Gasteiger partial charge in [-0.2, -0.15) is 0 Å². The lowest BCUT2D eigenvalue weighted by molar-refractivity contribution is 0.476. The Morgan fingerprint density at radius 3 is 2.82 bits per heavy atom. The minimum absolute atomic E-state index is 0.448. The van der Waals surface area contributed by atoms with Gasteiger partial charge in [-0.25, -0.2) is 0 Å². The highest BCUT2D eigenvalue weighted by atomic mass is 35.5. The van der Waals surface area contributed by atoms with Gasteiger partial charge in [-0.1, -0.05) is 11.6 Å². The van der Waals surface area contributed by atoms with Crippen molar-refractivity contribution in [3.63, 3.8) is 0 Å². The Morgan fingerprint density at radius 1 is 1.29 bits per heavy atom. The van der Waals surface area contributed by atoms with E-state index in [9.17, 15) is 0 Å². The van der Waals surface area contributed by atoms with Gasteiger partial charge in [0.2, 0.25) is 0 Å². The third kappa shape index (κ3) is 2.96. The molecular formula is C13H13ClN2O. The predicted octanol–water partition coefficient (Wildman–Crippen LogP) is 3.29. The zero-order valence-corrected chi connectivity index (χ0v) is 10.2. The minimum Gasteiger partial charge on any atom is -0.455 e. The van der Waals surface area contributed by atoms with Crippen LogP contribution in [0, 0.1) is 6.92 Å². The van der Waals surface area contributed by atoms with Crippen molar-refractivity contribution < 1.29 is 4.74 Å². The summed E-state index contributed by atoms with van der Waals surface area (Å²) in [7, 11) is 0. The number of rotatable bonds is 3.